The van der Waals surface area contributed by atoms with E-state index in [0.29, 0.717) is 12.6 Å². The van der Waals surface area contributed by atoms with E-state index < -0.39 is 0 Å². The summed E-state index contributed by atoms with van der Waals surface area (Å²) in [6, 6.07) is 10.9. The molecule has 0 fully saturated rings. The minimum Gasteiger partial charge on any atom is -0.348 e. The van der Waals surface area contributed by atoms with Crippen LogP contribution in [0, 0.1) is 13.8 Å². The predicted molar refractivity (Wildman–Crippen MR) is 109 cm³/mol. The van der Waals surface area contributed by atoms with E-state index in [-0.39, 0.29) is 5.91 Å². The van der Waals surface area contributed by atoms with E-state index in [2.05, 4.69) is 73.7 Å². The fraction of sp³-hybridized carbons (Fsp3) is 0.500. The van der Waals surface area contributed by atoms with Crippen LogP contribution in [-0.2, 0) is 13.1 Å². The fourth-order valence-electron chi connectivity index (χ4n) is 3.55. The molecule has 0 aliphatic carbocycles. The number of rotatable bonds is 8. The van der Waals surface area contributed by atoms with E-state index in [4.69, 9.17) is 0 Å². The molecule has 0 unspecified atom stereocenters. The molecule has 0 saturated carbocycles. The number of hydrogen-bond acceptors (Lipinski definition) is 2. The summed E-state index contributed by atoms with van der Waals surface area (Å²) in [5.74, 6) is -0.00258. The maximum atomic E-state index is 12.6. The highest BCUT2D eigenvalue weighted by Gasteiger charge is 2.16. The minimum absolute atomic E-state index is 0.00258. The molecule has 26 heavy (non-hydrogen) atoms. The Morgan fingerprint density at radius 1 is 1.08 bits per heavy atom. The van der Waals surface area contributed by atoms with E-state index in [1.54, 1.807) is 0 Å². The van der Waals surface area contributed by atoms with E-state index in [1.807, 2.05) is 13.0 Å². The molecule has 4 heteroatoms. The molecule has 0 bridgehead atoms. The summed E-state index contributed by atoms with van der Waals surface area (Å²) in [4.78, 5) is 15.0. The van der Waals surface area contributed by atoms with Crippen LogP contribution < -0.4 is 5.32 Å². The molecule has 0 aliphatic rings. The third-order valence-electron chi connectivity index (χ3n) is 5.02. The number of nitrogens with one attached hydrogen (secondary N) is 1. The Labute approximate surface area is 158 Å². The van der Waals surface area contributed by atoms with Crippen molar-refractivity contribution in [2.24, 2.45) is 0 Å². The molecule has 0 spiro atoms. The number of carbonyl (C=O) groups excluding carboxylic acids is 1. The second-order valence-electron chi connectivity index (χ2n) is 7.21. The minimum atomic E-state index is -0.00258. The van der Waals surface area contributed by atoms with Gasteiger partial charge in [-0.15, -0.1) is 0 Å². The Bertz CT molecular complexity index is 725. The normalized spacial score (nSPS) is 11.4. The van der Waals surface area contributed by atoms with Gasteiger partial charge in [-0.25, -0.2) is 0 Å². The lowest BCUT2D eigenvalue weighted by molar-refractivity contribution is 0.0950. The third-order valence-corrected chi connectivity index (χ3v) is 5.02. The summed E-state index contributed by atoms with van der Waals surface area (Å²) < 4.78 is 2.21. The van der Waals surface area contributed by atoms with Crippen molar-refractivity contribution in [3.63, 3.8) is 0 Å². The maximum absolute atomic E-state index is 12.6. The first-order valence-electron chi connectivity index (χ1n) is 9.64. The van der Waals surface area contributed by atoms with E-state index in [0.717, 1.165) is 42.1 Å². The van der Waals surface area contributed by atoms with Crippen molar-refractivity contribution in [3.8, 4) is 0 Å². The monoisotopic (exact) mass is 355 g/mol. The molecule has 2 aromatic rings. The summed E-state index contributed by atoms with van der Waals surface area (Å²) in [6.45, 7) is 16.4. The van der Waals surface area contributed by atoms with Gasteiger partial charge in [-0.2, -0.15) is 0 Å². The van der Waals surface area contributed by atoms with Crippen LogP contribution in [0.25, 0.3) is 0 Å². The van der Waals surface area contributed by atoms with Gasteiger partial charge in [0.05, 0.1) is 5.56 Å². The number of aromatic nitrogens is 1. The SMILES string of the molecule is CCN(CC)Cc1ccc(CNC(=O)c2cc(C)n(C(C)C)c2C)cc1. The Morgan fingerprint density at radius 2 is 1.65 bits per heavy atom. The zero-order chi connectivity index (χ0) is 19.3. The molecule has 0 saturated heterocycles. The number of amides is 1. The average molecular weight is 356 g/mol. The molecule has 0 radical (unpaired) electrons. The summed E-state index contributed by atoms with van der Waals surface area (Å²) in [5.41, 5.74) is 5.37. The second kappa shape index (κ2) is 9.04. The number of nitrogens with zero attached hydrogens (tertiary/aromatic N) is 2. The molecule has 1 N–H and O–H groups in total. The summed E-state index contributed by atoms with van der Waals surface area (Å²) >= 11 is 0. The van der Waals surface area contributed by atoms with Crippen molar-refractivity contribution in [3.05, 3.63) is 58.4 Å². The molecular formula is C22H33N3O. The van der Waals surface area contributed by atoms with Crippen molar-refractivity contribution in [1.29, 1.82) is 0 Å². The molecule has 4 nitrogen and oxygen atoms in total. The highest BCUT2D eigenvalue weighted by molar-refractivity contribution is 5.95. The van der Waals surface area contributed by atoms with Gasteiger partial charge in [-0.05, 0) is 58.0 Å². The Hall–Kier alpha value is -2.07. The van der Waals surface area contributed by atoms with Gasteiger partial charge in [-0.1, -0.05) is 38.1 Å². The number of carbonyl (C=O) groups is 1. The van der Waals surface area contributed by atoms with Crippen LogP contribution in [0.5, 0.6) is 0 Å². The van der Waals surface area contributed by atoms with E-state index in [1.165, 1.54) is 5.56 Å². The first-order chi connectivity index (χ1) is 12.4. The molecule has 142 valence electrons. The van der Waals surface area contributed by atoms with Crippen LogP contribution in [0.3, 0.4) is 0 Å². The average Bonchev–Trinajstić information content (AvgIpc) is 2.93. The molecule has 1 amide bonds. The van der Waals surface area contributed by atoms with Crippen molar-refractivity contribution < 1.29 is 4.79 Å². The van der Waals surface area contributed by atoms with Gasteiger partial charge in [0.2, 0.25) is 0 Å². The smallest absolute Gasteiger partial charge is 0.253 e. The predicted octanol–water partition coefficient (Wildman–Crippen LogP) is 4.46. The van der Waals surface area contributed by atoms with Gasteiger partial charge in [0, 0.05) is 30.5 Å². The van der Waals surface area contributed by atoms with Gasteiger partial charge in [0.25, 0.3) is 5.91 Å². The lowest BCUT2D eigenvalue weighted by Gasteiger charge is -2.18. The Kier molecular flexibility index (Phi) is 7.04. The van der Waals surface area contributed by atoms with Crippen molar-refractivity contribution in [2.45, 2.75) is 60.7 Å². The molecule has 2 rings (SSSR count). The third kappa shape index (κ3) is 4.76. The zero-order valence-electron chi connectivity index (χ0n) is 17.1. The lowest BCUT2D eigenvalue weighted by atomic mass is 10.1. The Balaban J connectivity index is 1.98. The first kappa shape index (κ1) is 20.2. The van der Waals surface area contributed by atoms with Crippen LogP contribution in [-0.4, -0.2) is 28.5 Å². The molecule has 1 aromatic heterocycles. The second-order valence-corrected chi connectivity index (χ2v) is 7.21. The quantitative estimate of drug-likeness (QED) is 0.759. The zero-order valence-corrected chi connectivity index (χ0v) is 17.1. The van der Waals surface area contributed by atoms with Crippen LogP contribution in [0.2, 0.25) is 0 Å². The van der Waals surface area contributed by atoms with Gasteiger partial charge in [0.1, 0.15) is 0 Å². The van der Waals surface area contributed by atoms with Gasteiger partial charge >= 0.3 is 0 Å². The van der Waals surface area contributed by atoms with Crippen molar-refractivity contribution in [2.75, 3.05) is 13.1 Å². The summed E-state index contributed by atoms with van der Waals surface area (Å²) in [7, 11) is 0. The molecule has 0 aliphatic heterocycles. The number of aryl methyl sites for hydroxylation is 1. The topological polar surface area (TPSA) is 37.3 Å². The standard InChI is InChI=1S/C22H33N3O/c1-7-24(8-2)15-20-11-9-19(10-12-20)14-23-22(26)21-13-17(5)25(16(3)4)18(21)6/h9-13,16H,7-8,14-15H2,1-6H3,(H,23,26). The molecular weight excluding hydrogens is 322 g/mol. The van der Waals surface area contributed by atoms with Gasteiger partial charge in [-0.3, -0.25) is 9.69 Å². The largest absolute Gasteiger partial charge is 0.348 e. The molecule has 1 aromatic carbocycles. The highest BCUT2D eigenvalue weighted by Crippen LogP contribution is 2.20. The maximum Gasteiger partial charge on any atom is 0.253 e. The molecule has 1 heterocycles. The summed E-state index contributed by atoms with van der Waals surface area (Å²) in [6.07, 6.45) is 0. The lowest BCUT2D eigenvalue weighted by Crippen LogP contribution is -2.24. The van der Waals surface area contributed by atoms with Crippen molar-refractivity contribution >= 4 is 5.91 Å². The molecule has 0 atom stereocenters. The van der Waals surface area contributed by atoms with E-state index >= 15 is 0 Å². The van der Waals surface area contributed by atoms with Crippen LogP contribution >= 0.6 is 0 Å². The number of benzene rings is 1. The van der Waals surface area contributed by atoms with Crippen LogP contribution in [0.1, 0.15) is 66.6 Å². The van der Waals surface area contributed by atoms with Crippen LogP contribution in [0.4, 0.5) is 0 Å². The Morgan fingerprint density at radius 3 is 2.15 bits per heavy atom. The van der Waals surface area contributed by atoms with E-state index in [9.17, 15) is 4.79 Å². The highest BCUT2D eigenvalue weighted by atomic mass is 16.1. The fourth-order valence-corrected chi connectivity index (χ4v) is 3.55. The van der Waals surface area contributed by atoms with Gasteiger partial charge in [0.15, 0.2) is 0 Å². The van der Waals surface area contributed by atoms with Gasteiger partial charge < -0.3 is 9.88 Å². The number of hydrogen-bond donors (Lipinski definition) is 1. The first-order valence-corrected chi connectivity index (χ1v) is 9.64. The van der Waals surface area contributed by atoms with Crippen molar-refractivity contribution in [1.82, 2.24) is 14.8 Å². The van der Waals surface area contributed by atoms with Crippen LogP contribution in [0.15, 0.2) is 30.3 Å². The summed E-state index contributed by atoms with van der Waals surface area (Å²) in [5, 5.41) is 3.06.